The molecule has 18 heavy (non-hydrogen) atoms. The Morgan fingerprint density at radius 3 is 2.67 bits per heavy atom. The van der Waals surface area contributed by atoms with Crippen molar-refractivity contribution < 1.29 is 9.59 Å². The summed E-state index contributed by atoms with van der Waals surface area (Å²) >= 11 is 1.60. The van der Waals surface area contributed by atoms with Gasteiger partial charge in [0.2, 0.25) is 0 Å². The fourth-order valence-electron chi connectivity index (χ4n) is 1.95. The van der Waals surface area contributed by atoms with Gasteiger partial charge in [-0.3, -0.25) is 9.59 Å². The summed E-state index contributed by atoms with van der Waals surface area (Å²) in [7, 11) is 0. The van der Waals surface area contributed by atoms with Crippen molar-refractivity contribution in [3.05, 3.63) is 24.3 Å². The molecule has 0 atom stereocenters. The molecule has 2 rings (SSSR count). The third-order valence-electron chi connectivity index (χ3n) is 2.92. The van der Waals surface area contributed by atoms with E-state index in [0.29, 0.717) is 18.8 Å². The van der Waals surface area contributed by atoms with Crippen molar-refractivity contribution in [1.29, 1.82) is 0 Å². The molecule has 0 spiro atoms. The van der Waals surface area contributed by atoms with Gasteiger partial charge in [-0.25, -0.2) is 0 Å². The van der Waals surface area contributed by atoms with E-state index in [1.807, 2.05) is 24.5 Å². The van der Waals surface area contributed by atoms with Gasteiger partial charge in [0.25, 0.3) is 0 Å². The van der Waals surface area contributed by atoms with Crippen molar-refractivity contribution in [2.45, 2.75) is 17.7 Å². The average Bonchev–Trinajstić information content (AvgIpc) is 2.92. The smallest absolute Gasteiger partial charge is 0.313 e. The van der Waals surface area contributed by atoms with Crippen LogP contribution >= 0.6 is 11.8 Å². The molecule has 4 nitrogen and oxygen atoms in total. The van der Waals surface area contributed by atoms with Crippen LogP contribution in [0.25, 0.3) is 0 Å². The molecule has 0 bridgehead atoms. The number of hydrogen-bond acceptors (Lipinski definition) is 3. The molecule has 1 aliphatic heterocycles. The van der Waals surface area contributed by atoms with Crippen molar-refractivity contribution in [2.75, 3.05) is 24.7 Å². The summed E-state index contributed by atoms with van der Waals surface area (Å²) < 4.78 is 0. The number of hydrogen-bond donors (Lipinski definition) is 1. The summed E-state index contributed by atoms with van der Waals surface area (Å²) in [4.78, 5) is 26.3. The van der Waals surface area contributed by atoms with E-state index in [9.17, 15) is 9.59 Å². The standard InChI is InChI=1S/C13H16N2O2S/c1-18-11-6-4-5-10(9-11)14-12(16)13(17)15-7-2-3-8-15/h4-6,9H,2-3,7-8H2,1H3,(H,14,16). The molecule has 0 saturated carbocycles. The molecule has 1 saturated heterocycles. The van der Waals surface area contributed by atoms with Crippen LogP contribution in [-0.2, 0) is 9.59 Å². The highest BCUT2D eigenvalue weighted by atomic mass is 32.2. The van der Waals surface area contributed by atoms with Gasteiger partial charge in [-0.15, -0.1) is 11.8 Å². The molecular weight excluding hydrogens is 248 g/mol. The molecule has 96 valence electrons. The summed E-state index contributed by atoms with van der Waals surface area (Å²) in [5.41, 5.74) is 0.666. The third-order valence-corrected chi connectivity index (χ3v) is 3.64. The van der Waals surface area contributed by atoms with E-state index < -0.39 is 11.8 Å². The first-order valence-electron chi connectivity index (χ1n) is 5.95. The van der Waals surface area contributed by atoms with Crippen molar-refractivity contribution in [1.82, 2.24) is 4.90 Å². The minimum Gasteiger partial charge on any atom is -0.334 e. The highest BCUT2D eigenvalue weighted by Gasteiger charge is 2.24. The number of nitrogens with zero attached hydrogens (tertiary/aromatic N) is 1. The number of rotatable bonds is 2. The zero-order valence-corrected chi connectivity index (χ0v) is 11.1. The van der Waals surface area contributed by atoms with Crippen molar-refractivity contribution in [3.63, 3.8) is 0 Å². The molecule has 1 heterocycles. The Morgan fingerprint density at radius 2 is 2.00 bits per heavy atom. The molecule has 1 aliphatic rings. The summed E-state index contributed by atoms with van der Waals surface area (Å²) in [6.07, 6.45) is 3.94. The first-order valence-corrected chi connectivity index (χ1v) is 7.17. The lowest BCUT2D eigenvalue weighted by atomic mass is 10.3. The first-order chi connectivity index (χ1) is 8.70. The Bertz CT molecular complexity index is 456. The molecule has 0 unspecified atom stereocenters. The van der Waals surface area contributed by atoms with Gasteiger partial charge in [-0.2, -0.15) is 0 Å². The Morgan fingerprint density at radius 1 is 1.28 bits per heavy atom. The molecule has 1 aromatic carbocycles. The Balaban J connectivity index is 1.99. The number of nitrogens with one attached hydrogen (secondary N) is 1. The number of thioether (sulfide) groups is 1. The van der Waals surface area contributed by atoms with Gasteiger partial charge in [-0.05, 0) is 37.3 Å². The molecule has 1 fully saturated rings. The van der Waals surface area contributed by atoms with E-state index in [0.717, 1.165) is 17.7 Å². The van der Waals surface area contributed by atoms with E-state index in [-0.39, 0.29) is 0 Å². The van der Waals surface area contributed by atoms with Gasteiger partial charge >= 0.3 is 11.8 Å². The van der Waals surface area contributed by atoms with Crippen LogP contribution < -0.4 is 5.32 Å². The SMILES string of the molecule is CSc1cccc(NC(=O)C(=O)N2CCCC2)c1. The summed E-state index contributed by atoms with van der Waals surface area (Å²) in [5, 5.41) is 2.65. The fraction of sp³-hybridized carbons (Fsp3) is 0.385. The summed E-state index contributed by atoms with van der Waals surface area (Å²) in [6.45, 7) is 1.38. The van der Waals surface area contributed by atoms with Crippen LogP contribution in [0.1, 0.15) is 12.8 Å². The zero-order chi connectivity index (χ0) is 13.0. The van der Waals surface area contributed by atoms with Crippen molar-refractivity contribution >= 4 is 29.3 Å². The Hall–Kier alpha value is -1.49. The largest absolute Gasteiger partial charge is 0.334 e. The highest BCUT2D eigenvalue weighted by molar-refractivity contribution is 7.98. The van der Waals surface area contributed by atoms with Crippen LogP contribution in [-0.4, -0.2) is 36.1 Å². The highest BCUT2D eigenvalue weighted by Crippen LogP contribution is 2.19. The first kappa shape index (κ1) is 13.0. The third kappa shape index (κ3) is 3.04. The molecule has 2 amide bonds. The second-order valence-electron chi connectivity index (χ2n) is 4.19. The predicted molar refractivity (Wildman–Crippen MR) is 72.7 cm³/mol. The minimum atomic E-state index is -0.546. The molecule has 0 aliphatic carbocycles. The summed E-state index contributed by atoms with van der Waals surface area (Å²) in [5.74, 6) is -0.975. The van der Waals surface area contributed by atoms with Gasteiger partial charge in [0, 0.05) is 23.7 Å². The number of likely N-dealkylation sites (tertiary alicyclic amines) is 1. The lowest BCUT2D eigenvalue weighted by Crippen LogP contribution is -2.37. The van der Waals surface area contributed by atoms with E-state index in [4.69, 9.17) is 0 Å². The topological polar surface area (TPSA) is 49.4 Å². The molecular formula is C13H16N2O2S. The molecule has 0 radical (unpaired) electrons. The van der Waals surface area contributed by atoms with Gasteiger partial charge in [0.1, 0.15) is 0 Å². The van der Waals surface area contributed by atoms with Crippen LogP contribution in [0.3, 0.4) is 0 Å². The maximum absolute atomic E-state index is 11.8. The zero-order valence-electron chi connectivity index (χ0n) is 10.3. The minimum absolute atomic E-state index is 0.429. The Kier molecular flexibility index (Phi) is 4.25. The van der Waals surface area contributed by atoms with Gasteiger partial charge in [0.05, 0.1) is 0 Å². The lowest BCUT2D eigenvalue weighted by molar-refractivity contribution is -0.142. The van der Waals surface area contributed by atoms with E-state index >= 15 is 0 Å². The molecule has 5 heteroatoms. The number of carbonyl (C=O) groups is 2. The quantitative estimate of drug-likeness (QED) is 0.656. The maximum Gasteiger partial charge on any atom is 0.313 e. The summed E-state index contributed by atoms with van der Waals surface area (Å²) in [6, 6.07) is 7.47. The number of carbonyl (C=O) groups excluding carboxylic acids is 2. The van der Waals surface area contributed by atoms with Crippen LogP contribution in [0, 0.1) is 0 Å². The fourth-order valence-corrected chi connectivity index (χ4v) is 2.41. The van der Waals surface area contributed by atoms with Gasteiger partial charge in [0.15, 0.2) is 0 Å². The average molecular weight is 264 g/mol. The molecule has 0 aromatic heterocycles. The van der Waals surface area contributed by atoms with Crippen LogP contribution in [0.2, 0.25) is 0 Å². The van der Waals surface area contributed by atoms with Gasteiger partial charge in [-0.1, -0.05) is 6.07 Å². The molecule has 1 N–H and O–H groups in total. The number of amides is 2. The van der Waals surface area contributed by atoms with E-state index in [1.165, 1.54) is 0 Å². The number of anilines is 1. The second-order valence-corrected chi connectivity index (χ2v) is 5.07. The van der Waals surface area contributed by atoms with Crippen molar-refractivity contribution in [2.24, 2.45) is 0 Å². The van der Waals surface area contributed by atoms with Crippen molar-refractivity contribution in [3.8, 4) is 0 Å². The van der Waals surface area contributed by atoms with Crippen LogP contribution in [0.5, 0.6) is 0 Å². The Labute approximate surface area is 111 Å². The van der Waals surface area contributed by atoms with E-state index in [1.54, 1.807) is 22.7 Å². The van der Waals surface area contributed by atoms with Gasteiger partial charge < -0.3 is 10.2 Å². The maximum atomic E-state index is 11.8. The molecule has 1 aromatic rings. The second kappa shape index (κ2) is 5.91. The lowest BCUT2D eigenvalue weighted by Gasteiger charge is -2.14. The van der Waals surface area contributed by atoms with E-state index in [2.05, 4.69) is 5.32 Å². The normalized spacial score (nSPS) is 14.6. The predicted octanol–water partition coefficient (Wildman–Crippen LogP) is 1.97. The van der Waals surface area contributed by atoms with Crippen LogP contribution in [0.15, 0.2) is 29.2 Å². The monoisotopic (exact) mass is 264 g/mol. The van der Waals surface area contributed by atoms with Crippen LogP contribution in [0.4, 0.5) is 5.69 Å². The number of benzene rings is 1.